The molecular weight excluding hydrogens is 328 g/mol. The molecule has 1 heterocycles. The van der Waals surface area contributed by atoms with Crippen molar-refractivity contribution in [2.75, 3.05) is 24.0 Å². The number of ether oxygens (including phenoxy) is 2. The predicted octanol–water partition coefficient (Wildman–Crippen LogP) is 1.95. The van der Waals surface area contributed by atoms with Gasteiger partial charge in [-0.2, -0.15) is 0 Å². The van der Waals surface area contributed by atoms with Crippen molar-refractivity contribution in [3.8, 4) is 11.5 Å². The van der Waals surface area contributed by atoms with Gasteiger partial charge in [0.15, 0.2) is 17.6 Å². The molecule has 1 aliphatic heterocycles. The van der Waals surface area contributed by atoms with Crippen molar-refractivity contribution in [1.29, 1.82) is 0 Å². The SMILES string of the molecule is COc1ccc(N2C(=S)N(c3ccc(OC)cc3)[C@@H](O)[C@@H]2O)cc1. The number of hydrogen-bond acceptors (Lipinski definition) is 5. The molecule has 0 saturated carbocycles. The first-order chi connectivity index (χ1) is 11.6. The van der Waals surface area contributed by atoms with Crippen LogP contribution in [0, 0.1) is 0 Å². The number of aliphatic hydroxyl groups excluding tert-OH is 2. The Morgan fingerprint density at radius 2 is 1.08 bits per heavy atom. The fraction of sp³-hybridized carbons (Fsp3) is 0.235. The van der Waals surface area contributed by atoms with Crippen LogP contribution < -0.4 is 19.3 Å². The summed E-state index contributed by atoms with van der Waals surface area (Å²) in [5, 5.41) is 21.2. The van der Waals surface area contributed by atoms with Crippen molar-refractivity contribution in [3.05, 3.63) is 48.5 Å². The average molecular weight is 346 g/mol. The minimum atomic E-state index is -1.17. The molecule has 0 aliphatic carbocycles. The highest BCUT2D eigenvalue weighted by Crippen LogP contribution is 2.33. The van der Waals surface area contributed by atoms with E-state index in [2.05, 4.69) is 0 Å². The van der Waals surface area contributed by atoms with Crippen molar-refractivity contribution in [1.82, 2.24) is 0 Å². The highest BCUT2D eigenvalue weighted by molar-refractivity contribution is 7.80. The quantitative estimate of drug-likeness (QED) is 0.820. The Morgan fingerprint density at radius 3 is 1.38 bits per heavy atom. The number of rotatable bonds is 4. The molecule has 6 nitrogen and oxygen atoms in total. The Kier molecular flexibility index (Phi) is 4.57. The van der Waals surface area contributed by atoms with Crippen LogP contribution in [0.5, 0.6) is 11.5 Å². The van der Waals surface area contributed by atoms with Gasteiger partial charge in [0, 0.05) is 11.4 Å². The molecular formula is C17H18N2O4S. The second-order valence-electron chi connectivity index (χ2n) is 5.25. The molecule has 2 aromatic carbocycles. The van der Waals surface area contributed by atoms with Crippen LogP contribution in [0.25, 0.3) is 0 Å². The number of methoxy groups -OCH3 is 2. The van der Waals surface area contributed by atoms with E-state index in [9.17, 15) is 10.2 Å². The molecule has 0 radical (unpaired) electrons. The number of thiocarbonyl (C=S) groups is 1. The minimum Gasteiger partial charge on any atom is -0.497 e. The van der Waals surface area contributed by atoms with Gasteiger partial charge in [-0.3, -0.25) is 9.80 Å². The summed E-state index contributed by atoms with van der Waals surface area (Å²) < 4.78 is 10.3. The number of anilines is 2. The van der Waals surface area contributed by atoms with Gasteiger partial charge in [0.25, 0.3) is 0 Å². The molecule has 1 aliphatic rings. The molecule has 1 saturated heterocycles. The molecule has 1 fully saturated rings. The molecule has 126 valence electrons. The van der Waals surface area contributed by atoms with E-state index in [4.69, 9.17) is 21.7 Å². The van der Waals surface area contributed by atoms with E-state index in [1.807, 2.05) is 0 Å². The van der Waals surface area contributed by atoms with Gasteiger partial charge < -0.3 is 19.7 Å². The normalized spacial score (nSPS) is 20.4. The first kappa shape index (κ1) is 16.5. The number of benzene rings is 2. The summed E-state index contributed by atoms with van der Waals surface area (Å²) in [7, 11) is 3.17. The van der Waals surface area contributed by atoms with Crippen LogP contribution in [0.2, 0.25) is 0 Å². The topological polar surface area (TPSA) is 65.4 Å². The van der Waals surface area contributed by atoms with Crippen molar-refractivity contribution in [3.63, 3.8) is 0 Å². The van der Waals surface area contributed by atoms with E-state index in [-0.39, 0.29) is 0 Å². The maximum absolute atomic E-state index is 10.4. The summed E-state index contributed by atoms with van der Waals surface area (Å²) in [5.41, 5.74) is 1.34. The molecule has 2 aromatic rings. The van der Waals surface area contributed by atoms with Gasteiger partial charge in [0.1, 0.15) is 11.5 Å². The van der Waals surface area contributed by atoms with E-state index in [0.717, 1.165) is 0 Å². The van der Waals surface area contributed by atoms with Gasteiger partial charge in [-0.1, -0.05) is 0 Å². The lowest BCUT2D eigenvalue weighted by atomic mass is 10.2. The zero-order valence-corrected chi connectivity index (χ0v) is 14.1. The Hall–Kier alpha value is -2.35. The summed E-state index contributed by atoms with van der Waals surface area (Å²) in [6.07, 6.45) is -2.35. The van der Waals surface area contributed by atoms with Crippen LogP contribution >= 0.6 is 12.2 Å². The summed E-state index contributed by atoms with van der Waals surface area (Å²) in [4.78, 5) is 3.01. The molecule has 0 spiro atoms. The lowest BCUT2D eigenvalue weighted by molar-refractivity contribution is 0.0460. The summed E-state index contributed by atoms with van der Waals surface area (Å²) >= 11 is 5.47. The van der Waals surface area contributed by atoms with Gasteiger partial charge in [-0.15, -0.1) is 0 Å². The second-order valence-corrected chi connectivity index (χ2v) is 5.61. The Bertz CT molecular complexity index is 659. The van der Waals surface area contributed by atoms with Crippen LogP contribution in [0.15, 0.2) is 48.5 Å². The van der Waals surface area contributed by atoms with Crippen LogP contribution in [-0.2, 0) is 0 Å². The van der Waals surface area contributed by atoms with Gasteiger partial charge in [-0.05, 0) is 60.7 Å². The zero-order valence-electron chi connectivity index (χ0n) is 13.3. The van der Waals surface area contributed by atoms with E-state index in [0.29, 0.717) is 28.0 Å². The Labute approximate surface area is 145 Å². The number of nitrogens with zero attached hydrogens (tertiary/aromatic N) is 2. The van der Waals surface area contributed by atoms with Crippen molar-refractivity contribution >= 4 is 28.7 Å². The van der Waals surface area contributed by atoms with Crippen LogP contribution in [0.3, 0.4) is 0 Å². The van der Waals surface area contributed by atoms with Crippen LogP contribution in [0.4, 0.5) is 11.4 Å². The molecule has 24 heavy (non-hydrogen) atoms. The van der Waals surface area contributed by atoms with E-state index < -0.39 is 12.5 Å². The standard InChI is InChI=1S/C17H18N2O4S/c1-22-13-7-3-11(4-8-13)18-15(20)16(21)19(17(18)24)12-5-9-14(23-2)10-6-12/h3-10,15-16,20-21H,1-2H3/t15-,16-/m0/s1. The third-order valence-electron chi connectivity index (χ3n) is 3.91. The third-order valence-corrected chi connectivity index (χ3v) is 4.30. The Morgan fingerprint density at radius 1 is 0.750 bits per heavy atom. The molecule has 0 amide bonds. The van der Waals surface area contributed by atoms with E-state index >= 15 is 0 Å². The number of aliphatic hydroxyl groups is 2. The van der Waals surface area contributed by atoms with Crippen molar-refractivity contribution < 1.29 is 19.7 Å². The minimum absolute atomic E-state index is 0.310. The van der Waals surface area contributed by atoms with Gasteiger partial charge in [0.05, 0.1) is 14.2 Å². The summed E-state index contributed by atoms with van der Waals surface area (Å²) in [6, 6.07) is 14.2. The third kappa shape index (κ3) is 2.77. The van der Waals surface area contributed by atoms with Crippen LogP contribution in [0.1, 0.15) is 0 Å². The molecule has 0 aromatic heterocycles. The predicted molar refractivity (Wildman–Crippen MR) is 95.6 cm³/mol. The fourth-order valence-electron chi connectivity index (χ4n) is 2.62. The molecule has 3 rings (SSSR count). The molecule has 2 N–H and O–H groups in total. The first-order valence-electron chi connectivity index (χ1n) is 7.33. The van der Waals surface area contributed by atoms with E-state index in [1.54, 1.807) is 62.8 Å². The summed E-state index contributed by atoms with van der Waals surface area (Å²) in [5.74, 6) is 1.40. The van der Waals surface area contributed by atoms with Crippen molar-refractivity contribution in [2.45, 2.75) is 12.5 Å². The number of hydrogen-bond donors (Lipinski definition) is 2. The fourth-order valence-corrected chi connectivity index (χ4v) is 3.05. The molecule has 0 unspecified atom stereocenters. The first-order valence-corrected chi connectivity index (χ1v) is 7.74. The highest BCUT2D eigenvalue weighted by Gasteiger charge is 2.43. The second kappa shape index (κ2) is 6.64. The van der Waals surface area contributed by atoms with Gasteiger partial charge in [0.2, 0.25) is 0 Å². The molecule has 2 atom stereocenters. The monoisotopic (exact) mass is 346 g/mol. The summed E-state index contributed by atoms with van der Waals surface area (Å²) in [6.45, 7) is 0. The maximum Gasteiger partial charge on any atom is 0.185 e. The van der Waals surface area contributed by atoms with Gasteiger partial charge in [-0.25, -0.2) is 0 Å². The maximum atomic E-state index is 10.4. The lowest BCUT2D eigenvalue weighted by Crippen LogP contribution is -2.37. The van der Waals surface area contributed by atoms with E-state index in [1.165, 1.54) is 9.80 Å². The highest BCUT2D eigenvalue weighted by atomic mass is 32.1. The lowest BCUT2D eigenvalue weighted by Gasteiger charge is -2.22. The van der Waals surface area contributed by atoms with Crippen LogP contribution in [-0.4, -0.2) is 42.0 Å². The van der Waals surface area contributed by atoms with Gasteiger partial charge >= 0.3 is 0 Å². The molecule has 7 heteroatoms. The molecule has 0 bridgehead atoms. The Balaban J connectivity index is 1.91. The average Bonchev–Trinajstić information content (AvgIpc) is 2.84. The van der Waals surface area contributed by atoms with Crippen molar-refractivity contribution in [2.24, 2.45) is 0 Å². The smallest absolute Gasteiger partial charge is 0.185 e. The largest absolute Gasteiger partial charge is 0.497 e. The zero-order chi connectivity index (χ0) is 17.3.